The molecule has 0 aliphatic carbocycles. The van der Waals surface area contributed by atoms with Crippen molar-refractivity contribution in [3.8, 4) is 11.8 Å². The second kappa shape index (κ2) is 3.87. The molecule has 1 aromatic carbocycles. The first-order valence-corrected chi connectivity index (χ1v) is 5.22. The topological polar surface area (TPSA) is 41.6 Å². The SMILES string of the molecule is Cc1nc(Br)cn1-c1ccccc1C#N. The highest BCUT2D eigenvalue weighted by Crippen LogP contribution is 2.18. The summed E-state index contributed by atoms with van der Waals surface area (Å²) < 4.78 is 2.66. The first kappa shape index (κ1) is 9.94. The van der Waals surface area contributed by atoms with E-state index in [1.165, 1.54) is 0 Å². The standard InChI is InChI=1S/C11H8BrN3/c1-8-14-11(12)7-15(8)10-5-3-2-4-9(10)6-13/h2-5,7H,1H3. The largest absolute Gasteiger partial charge is 0.301 e. The Morgan fingerprint density at radius 3 is 2.73 bits per heavy atom. The van der Waals surface area contributed by atoms with Crippen LogP contribution < -0.4 is 0 Å². The molecular formula is C11H8BrN3. The molecule has 74 valence electrons. The van der Waals surface area contributed by atoms with Gasteiger partial charge in [-0.25, -0.2) is 4.98 Å². The third-order valence-corrected chi connectivity index (χ3v) is 2.52. The zero-order valence-electron chi connectivity index (χ0n) is 8.11. The van der Waals surface area contributed by atoms with Crippen LogP contribution in [0.4, 0.5) is 0 Å². The molecule has 0 saturated heterocycles. The number of halogens is 1. The quantitative estimate of drug-likeness (QED) is 0.792. The number of nitrogens with zero attached hydrogens (tertiary/aromatic N) is 3. The minimum absolute atomic E-state index is 0.644. The third-order valence-electron chi connectivity index (χ3n) is 2.14. The summed E-state index contributed by atoms with van der Waals surface area (Å²) in [7, 11) is 0. The van der Waals surface area contributed by atoms with Crippen molar-refractivity contribution in [2.24, 2.45) is 0 Å². The summed E-state index contributed by atoms with van der Waals surface area (Å²) in [5.41, 5.74) is 1.50. The molecule has 0 aliphatic rings. The molecule has 0 unspecified atom stereocenters. The molecule has 0 amide bonds. The molecule has 0 N–H and O–H groups in total. The fourth-order valence-corrected chi connectivity index (χ4v) is 1.92. The van der Waals surface area contributed by atoms with E-state index in [0.717, 1.165) is 16.1 Å². The van der Waals surface area contributed by atoms with E-state index in [-0.39, 0.29) is 0 Å². The van der Waals surface area contributed by atoms with Crippen LogP contribution in [-0.4, -0.2) is 9.55 Å². The van der Waals surface area contributed by atoms with E-state index in [9.17, 15) is 0 Å². The van der Waals surface area contributed by atoms with Gasteiger partial charge in [-0.1, -0.05) is 12.1 Å². The number of para-hydroxylation sites is 1. The van der Waals surface area contributed by atoms with Crippen LogP contribution in [0.3, 0.4) is 0 Å². The summed E-state index contributed by atoms with van der Waals surface area (Å²) in [6.07, 6.45) is 1.85. The van der Waals surface area contributed by atoms with Crippen molar-refractivity contribution >= 4 is 15.9 Å². The molecular weight excluding hydrogens is 254 g/mol. The minimum Gasteiger partial charge on any atom is -0.301 e. The number of hydrogen-bond acceptors (Lipinski definition) is 2. The van der Waals surface area contributed by atoms with Crippen LogP contribution in [0.25, 0.3) is 5.69 Å². The molecule has 2 rings (SSSR count). The summed E-state index contributed by atoms with van der Waals surface area (Å²) in [6, 6.07) is 9.62. The van der Waals surface area contributed by atoms with E-state index < -0.39 is 0 Å². The molecule has 15 heavy (non-hydrogen) atoms. The predicted octanol–water partition coefficient (Wildman–Crippen LogP) is 2.81. The van der Waals surface area contributed by atoms with Crippen molar-refractivity contribution in [1.82, 2.24) is 9.55 Å². The van der Waals surface area contributed by atoms with Crippen molar-refractivity contribution < 1.29 is 0 Å². The van der Waals surface area contributed by atoms with Gasteiger partial charge in [0.2, 0.25) is 0 Å². The number of rotatable bonds is 1. The van der Waals surface area contributed by atoms with Crippen LogP contribution in [0, 0.1) is 18.3 Å². The molecule has 1 aromatic heterocycles. The summed E-state index contributed by atoms with van der Waals surface area (Å²) in [4.78, 5) is 4.23. The molecule has 4 heteroatoms. The van der Waals surface area contributed by atoms with Crippen LogP contribution in [0.5, 0.6) is 0 Å². The molecule has 0 saturated carbocycles. The van der Waals surface area contributed by atoms with Crippen LogP contribution >= 0.6 is 15.9 Å². The lowest BCUT2D eigenvalue weighted by atomic mass is 10.2. The number of hydrogen-bond donors (Lipinski definition) is 0. The number of benzene rings is 1. The normalized spacial score (nSPS) is 9.93. The molecule has 0 spiro atoms. The van der Waals surface area contributed by atoms with E-state index in [4.69, 9.17) is 5.26 Å². The van der Waals surface area contributed by atoms with Crippen molar-refractivity contribution in [1.29, 1.82) is 5.26 Å². The second-order valence-electron chi connectivity index (χ2n) is 3.11. The molecule has 0 aliphatic heterocycles. The van der Waals surface area contributed by atoms with E-state index in [2.05, 4.69) is 27.0 Å². The maximum absolute atomic E-state index is 8.98. The highest BCUT2D eigenvalue weighted by molar-refractivity contribution is 9.10. The van der Waals surface area contributed by atoms with Crippen LogP contribution in [0.15, 0.2) is 35.1 Å². The number of aromatic nitrogens is 2. The zero-order chi connectivity index (χ0) is 10.8. The number of aryl methyl sites for hydroxylation is 1. The van der Waals surface area contributed by atoms with Gasteiger partial charge >= 0.3 is 0 Å². The number of imidazole rings is 1. The first-order valence-electron chi connectivity index (χ1n) is 4.43. The van der Waals surface area contributed by atoms with Crippen molar-refractivity contribution in [3.05, 3.63) is 46.5 Å². The predicted molar refractivity (Wildman–Crippen MR) is 60.7 cm³/mol. The lowest BCUT2D eigenvalue weighted by molar-refractivity contribution is 0.970. The smallest absolute Gasteiger partial charge is 0.124 e. The van der Waals surface area contributed by atoms with Crippen molar-refractivity contribution in [3.63, 3.8) is 0 Å². The molecule has 0 radical (unpaired) electrons. The lowest BCUT2D eigenvalue weighted by Gasteiger charge is -2.05. The van der Waals surface area contributed by atoms with E-state index in [0.29, 0.717) is 5.56 Å². The Morgan fingerprint density at radius 1 is 1.40 bits per heavy atom. The number of nitriles is 1. The average molecular weight is 262 g/mol. The summed E-state index contributed by atoms with van der Waals surface area (Å²) in [5.74, 6) is 0.851. The Labute approximate surface area is 96.1 Å². The van der Waals surface area contributed by atoms with Gasteiger partial charge in [-0.2, -0.15) is 5.26 Å². The van der Waals surface area contributed by atoms with Gasteiger partial charge in [0.1, 0.15) is 16.5 Å². The van der Waals surface area contributed by atoms with Crippen LogP contribution in [0.2, 0.25) is 0 Å². The third kappa shape index (κ3) is 1.79. The summed E-state index contributed by atoms with van der Waals surface area (Å²) in [5, 5.41) is 8.98. The Balaban J connectivity index is 2.64. The maximum atomic E-state index is 8.98. The van der Waals surface area contributed by atoms with Gasteiger partial charge in [0.05, 0.1) is 11.3 Å². The minimum atomic E-state index is 0.644. The second-order valence-corrected chi connectivity index (χ2v) is 3.92. The molecule has 2 aromatic rings. The Bertz CT molecular complexity index is 537. The van der Waals surface area contributed by atoms with Gasteiger partial charge in [0.15, 0.2) is 0 Å². The highest BCUT2D eigenvalue weighted by atomic mass is 79.9. The van der Waals surface area contributed by atoms with Gasteiger partial charge in [-0.3, -0.25) is 0 Å². The molecule has 0 bridgehead atoms. The maximum Gasteiger partial charge on any atom is 0.124 e. The first-order chi connectivity index (χ1) is 7.22. The Hall–Kier alpha value is -1.60. The van der Waals surface area contributed by atoms with Crippen molar-refractivity contribution in [2.45, 2.75) is 6.92 Å². The fraction of sp³-hybridized carbons (Fsp3) is 0.0909. The molecule has 1 heterocycles. The Morgan fingerprint density at radius 2 is 2.13 bits per heavy atom. The Kier molecular flexibility index (Phi) is 2.57. The van der Waals surface area contributed by atoms with Gasteiger partial charge in [0, 0.05) is 6.20 Å². The summed E-state index contributed by atoms with van der Waals surface area (Å²) >= 11 is 3.31. The average Bonchev–Trinajstić information content (AvgIpc) is 2.57. The van der Waals surface area contributed by atoms with Crippen molar-refractivity contribution in [2.75, 3.05) is 0 Å². The van der Waals surface area contributed by atoms with Crippen LogP contribution in [0.1, 0.15) is 11.4 Å². The van der Waals surface area contributed by atoms with E-state index >= 15 is 0 Å². The molecule has 0 fully saturated rings. The monoisotopic (exact) mass is 261 g/mol. The van der Waals surface area contributed by atoms with E-state index in [1.54, 1.807) is 6.07 Å². The highest BCUT2D eigenvalue weighted by Gasteiger charge is 2.07. The van der Waals surface area contributed by atoms with E-state index in [1.807, 2.05) is 35.9 Å². The molecule has 0 atom stereocenters. The van der Waals surface area contributed by atoms with Gasteiger partial charge in [-0.05, 0) is 35.0 Å². The lowest BCUT2D eigenvalue weighted by Crippen LogP contribution is -1.97. The van der Waals surface area contributed by atoms with Gasteiger partial charge in [-0.15, -0.1) is 0 Å². The van der Waals surface area contributed by atoms with Gasteiger partial charge < -0.3 is 4.57 Å². The summed E-state index contributed by atoms with van der Waals surface area (Å²) in [6.45, 7) is 1.90. The zero-order valence-corrected chi connectivity index (χ0v) is 9.69. The molecule has 3 nitrogen and oxygen atoms in total. The van der Waals surface area contributed by atoms with Crippen LogP contribution in [-0.2, 0) is 0 Å². The fourth-order valence-electron chi connectivity index (χ4n) is 1.46. The van der Waals surface area contributed by atoms with Gasteiger partial charge in [0.25, 0.3) is 0 Å².